The third kappa shape index (κ3) is 4.30. The molecule has 0 aliphatic carbocycles. The fraction of sp³-hybridized carbons (Fsp3) is 0.474. The van der Waals surface area contributed by atoms with Crippen LogP contribution in [0.4, 0.5) is 26.3 Å². The van der Waals surface area contributed by atoms with Crippen LogP contribution in [-0.4, -0.2) is 44.4 Å². The van der Waals surface area contributed by atoms with E-state index in [1.54, 1.807) is 6.92 Å². The smallest absolute Gasteiger partial charge is 0.390 e. The van der Waals surface area contributed by atoms with Crippen LogP contribution in [0.25, 0.3) is 5.69 Å². The van der Waals surface area contributed by atoms with Gasteiger partial charge in [0.15, 0.2) is 5.69 Å². The predicted octanol–water partition coefficient (Wildman–Crippen LogP) is 4.29. The highest BCUT2D eigenvalue weighted by molar-refractivity contribution is 5.95. The van der Waals surface area contributed by atoms with Crippen LogP contribution in [0.3, 0.4) is 0 Å². The minimum absolute atomic E-state index is 0.0647. The van der Waals surface area contributed by atoms with Gasteiger partial charge in [0.2, 0.25) is 0 Å². The summed E-state index contributed by atoms with van der Waals surface area (Å²) >= 11 is 0. The molecule has 3 rings (SSSR count). The Hall–Kier alpha value is -2.56. The van der Waals surface area contributed by atoms with Crippen LogP contribution in [0.5, 0.6) is 0 Å². The molecule has 1 amide bonds. The largest absolute Gasteiger partial charge is 0.434 e. The molecule has 0 spiro atoms. The minimum atomic E-state index is -5.03. The van der Waals surface area contributed by atoms with Gasteiger partial charge in [-0.05, 0) is 37.5 Å². The first-order valence-electron chi connectivity index (χ1n) is 9.20. The summed E-state index contributed by atoms with van der Waals surface area (Å²) in [6.07, 6.45) is -8.17. The minimum Gasteiger partial charge on any atom is -0.390 e. The molecule has 1 aliphatic heterocycles. The Balaban J connectivity index is 1.99. The Labute approximate surface area is 167 Å². The van der Waals surface area contributed by atoms with E-state index >= 15 is 0 Å². The highest BCUT2D eigenvalue weighted by Crippen LogP contribution is 2.36. The number of hydrogen-bond acceptors (Lipinski definition) is 3. The SMILES string of the molecule is CCC1(O)CCN(C(=O)c2cnn(-c3cccc(C(F)(F)F)c3)c2C(F)(F)F)CC1. The zero-order valence-electron chi connectivity index (χ0n) is 15.9. The molecule has 2 aromatic rings. The number of benzene rings is 1. The van der Waals surface area contributed by atoms with E-state index in [1.807, 2.05) is 0 Å². The summed E-state index contributed by atoms with van der Waals surface area (Å²) < 4.78 is 80.5. The molecule has 0 bridgehead atoms. The third-order valence-corrected chi connectivity index (χ3v) is 5.33. The van der Waals surface area contributed by atoms with Crippen LogP contribution in [0.2, 0.25) is 0 Å². The average Bonchev–Trinajstić information content (AvgIpc) is 3.13. The Morgan fingerprint density at radius 3 is 2.30 bits per heavy atom. The van der Waals surface area contributed by atoms with Crippen molar-refractivity contribution in [1.82, 2.24) is 14.7 Å². The Morgan fingerprint density at radius 1 is 1.13 bits per heavy atom. The lowest BCUT2D eigenvalue weighted by Gasteiger charge is -2.37. The van der Waals surface area contributed by atoms with Crippen molar-refractivity contribution < 1.29 is 36.2 Å². The molecule has 30 heavy (non-hydrogen) atoms. The van der Waals surface area contributed by atoms with Crippen molar-refractivity contribution in [3.05, 3.63) is 47.3 Å². The third-order valence-electron chi connectivity index (χ3n) is 5.33. The van der Waals surface area contributed by atoms with Gasteiger partial charge in [-0.3, -0.25) is 4.79 Å². The molecule has 0 radical (unpaired) electrons. The standard InChI is InChI=1S/C19H19F6N3O2/c1-2-17(30)6-8-27(9-7-17)16(29)14-11-26-28(15(14)19(23,24)25)13-5-3-4-12(10-13)18(20,21)22/h3-5,10-11,30H,2,6-9H2,1H3. The lowest BCUT2D eigenvalue weighted by Crippen LogP contribution is -2.46. The Bertz CT molecular complexity index is 927. The van der Waals surface area contributed by atoms with Gasteiger partial charge in [-0.1, -0.05) is 13.0 Å². The number of carbonyl (C=O) groups excluding carboxylic acids is 1. The zero-order chi connectivity index (χ0) is 22.3. The molecule has 1 fully saturated rings. The fourth-order valence-electron chi connectivity index (χ4n) is 3.44. The first-order valence-corrected chi connectivity index (χ1v) is 9.20. The molecule has 1 N–H and O–H groups in total. The normalized spacial score (nSPS) is 17.3. The van der Waals surface area contributed by atoms with E-state index in [0.717, 1.165) is 18.2 Å². The summed E-state index contributed by atoms with van der Waals surface area (Å²) in [5.41, 5.74) is -4.75. The number of carbonyl (C=O) groups is 1. The fourth-order valence-corrected chi connectivity index (χ4v) is 3.44. The van der Waals surface area contributed by atoms with Crippen molar-refractivity contribution in [2.75, 3.05) is 13.1 Å². The maximum absolute atomic E-state index is 13.8. The van der Waals surface area contributed by atoms with Gasteiger partial charge in [-0.15, -0.1) is 0 Å². The molecule has 1 saturated heterocycles. The second-order valence-electron chi connectivity index (χ2n) is 7.23. The van der Waals surface area contributed by atoms with Gasteiger partial charge < -0.3 is 10.0 Å². The van der Waals surface area contributed by atoms with E-state index in [2.05, 4.69) is 5.10 Å². The first-order chi connectivity index (χ1) is 13.9. The molecule has 1 aromatic heterocycles. The Kier molecular flexibility index (Phi) is 5.61. The predicted molar refractivity (Wildman–Crippen MR) is 93.9 cm³/mol. The number of aromatic nitrogens is 2. The number of rotatable bonds is 3. The van der Waals surface area contributed by atoms with Crippen LogP contribution in [0, 0.1) is 0 Å². The molecular weight excluding hydrogens is 416 g/mol. The van der Waals surface area contributed by atoms with Crippen molar-refractivity contribution in [3.63, 3.8) is 0 Å². The highest BCUT2D eigenvalue weighted by atomic mass is 19.4. The van der Waals surface area contributed by atoms with Crippen LogP contribution in [-0.2, 0) is 12.4 Å². The number of amides is 1. The van der Waals surface area contributed by atoms with E-state index < -0.39 is 46.4 Å². The summed E-state index contributed by atoms with van der Waals surface area (Å²) in [6, 6.07) is 3.29. The molecule has 5 nitrogen and oxygen atoms in total. The number of alkyl halides is 6. The van der Waals surface area contributed by atoms with Gasteiger partial charge in [-0.2, -0.15) is 31.4 Å². The molecular formula is C19H19F6N3O2. The number of likely N-dealkylation sites (tertiary alicyclic amines) is 1. The summed E-state index contributed by atoms with van der Waals surface area (Å²) in [5.74, 6) is -0.932. The number of aliphatic hydroxyl groups is 1. The monoisotopic (exact) mass is 435 g/mol. The first kappa shape index (κ1) is 22.1. The molecule has 1 aromatic carbocycles. The van der Waals surface area contributed by atoms with E-state index in [4.69, 9.17) is 0 Å². The summed E-state index contributed by atoms with van der Waals surface area (Å²) in [6.45, 7) is 1.91. The zero-order valence-corrected chi connectivity index (χ0v) is 15.9. The Morgan fingerprint density at radius 2 is 1.77 bits per heavy atom. The number of nitrogens with zero attached hydrogens (tertiary/aromatic N) is 3. The van der Waals surface area contributed by atoms with Crippen molar-refractivity contribution in [1.29, 1.82) is 0 Å². The number of halogens is 6. The molecule has 1 aliphatic rings. The number of piperidine rings is 1. The van der Waals surface area contributed by atoms with E-state index in [0.29, 0.717) is 23.4 Å². The molecule has 164 valence electrons. The van der Waals surface area contributed by atoms with Crippen molar-refractivity contribution in [2.24, 2.45) is 0 Å². The number of hydrogen-bond donors (Lipinski definition) is 1. The van der Waals surface area contributed by atoms with Gasteiger partial charge in [0.25, 0.3) is 5.91 Å². The summed E-state index contributed by atoms with van der Waals surface area (Å²) in [5, 5.41) is 13.8. The average molecular weight is 435 g/mol. The van der Waals surface area contributed by atoms with Gasteiger partial charge in [-0.25, -0.2) is 4.68 Å². The quantitative estimate of drug-likeness (QED) is 0.732. The maximum atomic E-state index is 13.8. The van der Waals surface area contributed by atoms with Crippen LogP contribution in [0.15, 0.2) is 30.5 Å². The molecule has 11 heteroatoms. The van der Waals surface area contributed by atoms with Gasteiger partial charge in [0, 0.05) is 13.1 Å². The lowest BCUT2D eigenvalue weighted by molar-refractivity contribution is -0.143. The van der Waals surface area contributed by atoms with Gasteiger partial charge >= 0.3 is 12.4 Å². The molecule has 0 saturated carbocycles. The topological polar surface area (TPSA) is 58.4 Å². The van der Waals surface area contributed by atoms with Gasteiger partial charge in [0.05, 0.1) is 28.6 Å². The van der Waals surface area contributed by atoms with Crippen LogP contribution < -0.4 is 0 Å². The van der Waals surface area contributed by atoms with Crippen LogP contribution >= 0.6 is 0 Å². The van der Waals surface area contributed by atoms with Crippen molar-refractivity contribution >= 4 is 5.91 Å². The molecule has 0 atom stereocenters. The molecule has 0 unspecified atom stereocenters. The summed E-state index contributed by atoms with van der Waals surface area (Å²) in [4.78, 5) is 13.9. The van der Waals surface area contributed by atoms with Crippen molar-refractivity contribution in [3.8, 4) is 5.69 Å². The maximum Gasteiger partial charge on any atom is 0.434 e. The summed E-state index contributed by atoms with van der Waals surface area (Å²) in [7, 11) is 0. The second-order valence-corrected chi connectivity index (χ2v) is 7.23. The van der Waals surface area contributed by atoms with Crippen LogP contribution in [0.1, 0.15) is 47.8 Å². The van der Waals surface area contributed by atoms with E-state index in [9.17, 15) is 36.2 Å². The van der Waals surface area contributed by atoms with E-state index in [-0.39, 0.29) is 25.9 Å². The highest BCUT2D eigenvalue weighted by Gasteiger charge is 2.43. The van der Waals surface area contributed by atoms with E-state index in [1.165, 1.54) is 4.90 Å². The second kappa shape index (κ2) is 7.60. The van der Waals surface area contributed by atoms with Crippen molar-refractivity contribution in [2.45, 2.75) is 44.1 Å². The van der Waals surface area contributed by atoms with Gasteiger partial charge in [0.1, 0.15) is 0 Å². The lowest BCUT2D eigenvalue weighted by atomic mass is 9.89. The molecule has 2 heterocycles.